The van der Waals surface area contributed by atoms with Gasteiger partial charge in [-0.3, -0.25) is 9.59 Å². The quantitative estimate of drug-likeness (QED) is 0.0211. The lowest BCUT2D eigenvalue weighted by Gasteiger charge is -2.25. The fourth-order valence-corrected chi connectivity index (χ4v) is 6.75. The highest BCUT2D eigenvalue weighted by molar-refractivity contribution is 5.71. The Morgan fingerprint density at radius 3 is 1.15 bits per heavy atom. The van der Waals surface area contributed by atoms with Crippen molar-refractivity contribution in [1.82, 2.24) is 0 Å². The number of allylic oxidation sites excluding steroid dienone is 22. The monoisotopic (exact) mass is 987 g/mol. The minimum absolute atomic E-state index is 0.172. The van der Waals surface area contributed by atoms with Crippen LogP contribution in [-0.4, -0.2) is 87.4 Å². The van der Waals surface area contributed by atoms with Crippen molar-refractivity contribution in [3.8, 4) is 0 Å². The number of esters is 2. The normalized spacial score (nSPS) is 13.9. The van der Waals surface area contributed by atoms with Gasteiger partial charge in [0.25, 0.3) is 6.29 Å². The Hall–Kier alpha value is -4.57. The summed E-state index contributed by atoms with van der Waals surface area (Å²) in [5, 5.41) is 9.68. The van der Waals surface area contributed by atoms with E-state index in [1.807, 2.05) is 21.1 Å². The molecule has 71 heavy (non-hydrogen) atoms. The lowest BCUT2D eigenvalue weighted by atomic mass is 10.1. The van der Waals surface area contributed by atoms with Crippen LogP contribution in [0, 0.1) is 0 Å². The predicted octanol–water partition coefficient (Wildman–Crippen LogP) is 15.9. The Morgan fingerprint density at radius 2 is 0.761 bits per heavy atom. The summed E-state index contributed by atoms with van der Waals surface area (Å²) in [6.07, 6.45) is 71.0. The van der Waals surface area contributed by atoms with Gasteiger partial charge in [-0.05, 0) is 109 Å². The number of nitrogens with zero attached hydrogens (tertiary/aromatic N) is 1. The largest absolute Gasteiger partial charge is 0.477 e. The molecule has 9 nitrogen and oxygen atoms in total. The van der Waals surface area contributed by atoms with Crippen molar-refractivity contribution in [3.05, 3.63) is 134 Å². The Kier molecular flexibility index (Phi) is 48.4. The van der Waals surface area contributed by atoms with Gasteiger partial charge in [0.1, 0.15) is 13.2 Å². The van der Waals surface area contributed by atoms with Crippen molar-refractivity contribution in [3.63, 3.8) is 0 Å². The van der Waals surface area contributed by atoms with Crippen molar-refractivity contribution in [2.45, 2.75) is 193 Å². The van der Waals surface area contributed by atoms with E-state index in [2.05, 4.69) is 148 Å². The number of ether oxygens (including phenoxy) is 4. The average molecular weight is 987 g/mol. The molecule has 2 unspecified atom stereocenters. The second-order valence-corrected chi connectivity index (χ2v) is 18.8. The molecular weight excluding hydrogens is 887 g/mol. The molecule has 9 heteroatoms. The smallest absolute Gasteiger partial charge is 0.361 e. The molecule has 0 aliphatic carbocycles. The molecule has 0 bridgehead atoms. The van der Waals surface area contributed by atoms with Crippen molar-refractivity contribution >= 4 is 17.9 Å². The van der Waals surface area contributed by atoms with Crippen LogP contribution in [0.15, 0.2) is 134 Å². The molecule has 400 valence electrons. The van der Waals surface area contributed by atoms with E-state index in [-0.39, 0.29) is 32.7 Å². The summed E-state index contributed by atoms with van der Waals surface area (Å²) in [6.45, 7) is 4.56. The zero-order chi connectivity index (χ0) is 52.0. The van der Waals surface area contributed by atoms with Crippen molar-refractivity contribution in [1.29, 1.82) is 0 Å². The second kappa shape index (κ2) is 51.8. The van der Waals surface area contributed by atoms with Gasteiger partial charge in [-0.1, -0.05) is 192 Å². The predicted molar refractivity (Wildman–Crippen MR) is 299 cm³/mol. The van der Waals surface area contributed by atoms with Gasteiger partial charge in [0.2, 0.25) is 0 Å². The Balaban J connectivity index is 4.32. The number of rotatable bonds is 48. The van der Waals surface area contributed by atoms with Crippen LogP contribution in [0.25, 0.3) is 0 Å². The molecule has 1 N–H and O–H groups in total. The molecule has 0 aliphatic heterocycles. The molecule has 0 aliphatic rings. The lowest BCUT2D eigenvalue weighted by molar-refractivity contribution is -0.870. The zero-order valence-electron chi connectivity index (χ0n) is 45.3. The van der Waals surface area contributed by atoms with E-state index in [1.165, 1.54) is 32.1 Å². The summed E-state index contributed by atoms with van der Waals surface area (Å²) < 4.78 is 22.8. The van der Waals surface area contributed by atoms with Gasteiger partial charge in [0.05, 0.1) is 34.4 Å². The van der Waals surface area contributed by atoms with Crippen LogP contribution < -0.4 is 0 Å². The molecule has 0 amide bonds. The SMILES string of the molecule is CC/C=C\C/C=C\C/C=C\C/C=C\C/C=C\C/C=C\C/C=C\CCCCCCCCCCCC(=O)OC(COC(=O)CCCC/C=C\C/C=C\C/C=C\C/C=C\CC)COC(OCC[N+](C)(C)C)C(=O)O. The topological polar surface area (TPSA) is 108 Å². The molecule has 0 saturated carbocycles. The molecule has 2 atom stereocenters. The van der Waals surface area contributed by atoms with E-state index in [4.69, 9.17) is 18.9 Å². The number of likely N-dealkylation sites (N-methyl/N-ethyl adjacent to an activating group) is 1. The van der Waals surface area contributed by atoms with Crippen LogP contribution in [0.3, 0.4) is 0 Å². The van der Waals surface area contributed by atoms with Gasteiger partial charge in [0.15, 0.2) is 6.10 Å². The van der Waals surface area contributed by atoms with Crippen LogP contribution in [0.4, 0.5) is 0 Å². The number of aliphatic carboxylic acids is 1. The minimum Gasteiger partial charge on any atom is -0.477 e. The maximum atomic E-state index is 12.9. The number of hydrogen-bond acceptors (Lipinski definition) is 7. The summed E-state index contributed by atoms with van der Waals surface area (Å²) in [6, 6.07) is 0. The lowest BCUT2D eigenvalue weighted by Crippen LogP contribution is -2.40. The third kappa shape index (κ3) is 53.1. The van der Waals surface area contributed by atoms with E-state index in [1.54, 1.807) is 0 Å². The maximum absolute atomic E-state index is 12.9. The number of carboxylic acid groups (broad SMARTS) is 1. The van der Waals surface area contributed by atoms with Crippen LogP contribution in [0.1, 0.15) is 181 Å². The first-order valence-electron chi connectivity index (χ1n) is 27.3. The van der Waals surface area contributed by atoms with Gasteiger partial charge >= 0.3 is 17.9 Å². The third-order valence-electron chi connectivity index (χ3n) is 10.9. The molecule has 0 aromatic carbocycles. The third-order valence-corrected chi connectivity index (χ3v) is 10.9. The number of quaternary nitrogens is 1. The van der Waals surface area contributed by atoms with E-state index in [9.17, 15) is 19.5 Å². The van der Waals surface area contributed by atoms with Gasteiger partial charge in [-0.15, -0.1) is 0 Å². The Morgan fingerprint density at radius 1 is 0.423 bits per heavy atom. The molecule has 0 fully saturated rings. The molecule has 0 spiro atoms. The van der Waals surface area contributed by atoms with Crippen molar-refractivity contribution < 1.29 is 42.9 Å². The number of carbonyl (C=O) groups is 3. The summed E-state index contributed by atoms with van der Waals surface area (Å²) in [5.74, 6) is -2.09. The van der Waals surface area contributed by atoms with Crippen molar-refractivity contribution in [2.75, 3.05) is 47.5 Å². The fraction of sp³-hybridized carbons (Fsp3) is 0.597. The first-order valence-corrected chi connectivity index (χ1v) is 27.3. The van der Waals surface area contributed by atoms with Crippen LogP contribution in [0.2, 0.25) is 0 Å². The molecule has 0 heterocycles. The number of unbranched alkanes of at least 4 members (excludes halogenated alkanes) is 11. The molecule has 0 aromatic rings. The van der Waals surface area contributed by atoms with Gasteiger partial charge in [-0.25, -0.2) is 4.79 Å². The van der Waals surface area contributed by atoms with Crippen LogP contribution in [-0.2, 0) is 33.3 Å². The first-order chi connectivity index (χ1) is 34.6. The van der Waals surface area contributed by atoms with Crippen molar-refractivity contribution in [2.24, 2.45) is 0 Å². The summed E-state index contributed by atoms with van der Waals surface area (Å²) in [5.41, 5.74) is 0. The molecule has 0 aromatic heterocycles. The molecule has 0 saturated heterocycles. The van der Waals surface area contributed by atoms with E-state index >= 15 is 0 Å². The van der Waals surface area contributed by atoms with Gasteiger partial charge in [0, 0.05) is 12.8 Å². The van der Waals surface area contributed by atoms with Crippen LogP contribution in [0.5, 0.6) is 0 Å². The summed E-state index contributed by atoms with van der Waals surface area (Å²) in [4.78, 5) is 37.3. The number of carboxylic acids is 1. The molecule has 0 radical (unpaired) electrons. The second-order valence-electron chi connectivity index (χ2n) is 18.8. The Bertz CT molecular complexity index is 1620. The average Bonchev–Trinajstić information content (AvgIpc) is 3.34. The van der Waals surface area contributed by atoms with Crippen LogP contribution >= 0.6 is 0 Å². The molecule has 0 rings (SSSR count). The maximum Gasteiger partial charge on any atom is 0.361 e. The highest BCUT2D eigenvalue weighted by atomic mass is 16.7. The van der Waals surface area contributed by atoms with Gasteiger partial charge < -0.3 is 28.5 Å². The first kappa shape index (κ1) is 66.4. The highest BCUT2D eigenvalue weighted by Gasteiger charge is 2.25. The number of hydrogen-bond donors (Lipinski definition) is 1. The summed E-state index contributed by atoms with van der Waals surface area (Å²) in [7, 11) is 5.94. The van der Waals surface area contributed by atoms with E-state index in [0.717, 1.165) is 109 Å². The highest BCUT2D eigenvalue weighted by Crippen LogP contribution is 2.14. The molecular formula is C62H100NO8+. The number of carbonyl (C=O) groups excluding carboxylic acids is 2. The van der Waals surface area contributed by atoms with E-state index in [0.29, 0.717) is 23.9 Å². The standard InChI is InChI=1S/C62H99NO8/c1-6-8-10-12-14-16-18-20-22-23-24-25-26-27-28-29-30-31-32-33-34-35-36-37-39-41-43-45-47-49-51-53-60(65)71-58(57-70-62(61(66)67)68-55-54-63(3,4)5)56-69-59(64)52-50-48-46-44-42-40-38-21-19-17-15-13-11-9-7-2/h8-11,14-17,20-22,24-25,27-28,30-31,33-34,38,42,44,58,62H,6-7,12-13,18-19,23,26,29,32,35-37,39-41,43,45-57H2,1-5H3/p+1/b10-8-,11-9-,16-14-,17-15-,22-20-,25-24-,28-27-,31-30-,34-33-,38-21-,44-42-. The fourth-order valence-electron chi connectivity index (χ4n) is 6.75. The zero-order valence-corrected chi connectivity index (χ0v) is 45.3. The van der Waals surface area contributed by atoms with Gasteiger partial charge in [-0.2, -0.15) is 0 Å². The van der Waals surface area contributed by atoms with E-state index < -0.39 is 30.3 Å². The minimum atomic E-state index is -1.53. The Labute approximate surface area is 433 Å². The summed E-state index contributed by atoms with van der Waals surface area (Å²) >= 11 is 0.